The summed E-state index contributed by atoms with van der Waals surface area (Å²) in [5.74, 6) is 2.11. The Balaban J connectivity index is 1.82. The fourth-order valence-corrected chi connectivity index (χ4v) is 4.00. The fraction of sp³-hybridized carbons (Fsp3) is 0.846. The van der Waals surface area contributed by atoms with Crippen LogP contribution in [-0.4, -0.2) is 42.2 Å². The molecule has 0 radical (unpaired) electrons. The molecule has 1 aliphatic carbocycles. The number of hydrogen-bond acceptors (Lipinski definition) is 5. The van der Waals surface area contributed by atoms with E-state index >= 15 is 0 Å². The molecule has 2 fully saturated rings. The molecule has 0 bridgehead atoms. The maximum atomic E-state index is 11.6. The van der Waals surface area contributed by atoms with Crippen LogP contribution in [0.3, 0.4) is 0 Å². The number of hydrogen-bond donors (Lipinski definition) is 0. The molecule has 1 aliphatic heterocycles. The number of piperidine rings is 1. The Hall–Kier alpha value is -0.950. The second-order valence-corrected chi connectivity index (χ2v) is 8.21. The second-order valence-electron chi connectivity index (χ2n) is 6.23. The molecule has 1 saturated carbocycles. The van der Waals surface area contributed by atoms with Crippen LogP contribution in [0.25, 0.3) is 0 Å². The van der Waals surface area contributed by atoms with Crippen molar-refractivity contribution in [1.82, 2.24) is 14.4 Å². The third-order valence-electron chi connectivity index (χ3n) is 4.53. The number of sulfonamides is 1. The molecule has 0 aromatic carbocycles. The Bertz CT molecular complexity index is 584. The lowest BCUT2D eigenvalue weighted by Gasteiger charge is -2.39. The highest BCUT2D eigenvalue weighted by molar-refractivity contribution is 7.88. The van der Waals surface area contributed by atoms with Gasteiger partial charge in [-0.25, -0.2) is 12.7 Å². The minimum atomic E-state index is -3.10. The van der Waals surface area contributed by atoms with Crippen molar-refractivity contribution >= 4 is 10.0 Å². The molecule has 7 heteroatoms. The third kappa shape index (κ3) is 2.74. The average molecular weight is 299 g/mol. The summed E-state index contributed by atoms with van der Waals surface area (Å²) in [6.07, 6.45) is 6.46. The predicted molar refractivity (Wildman–Crippen MR) is 73.7 cm³/mol. The number of rotatable bonds is 4. The molecule has 20 heavy (non-hydrogen) atoms. The summed E-state index contributed by atoms with van der Waals surface area (Å²) in [5, 5.41) is 4.13. The van der Waals surface area contributed by atoms with Gasteiger partial charge in [0.15, 0.2) is 5.82 Å². The van der Waals surface area contributed by atoms with Crippen LogP contribution < -0.4 is 0 Å². The Morgan fingerprint density at radius 2 is 2.00 bits per heavy atom. The van der Waals surface area contributed by atoms with Crippen LogP contribution in [0.4, 0.5) is 0 Å². The van der Waals surface area contributed by atoms with Crippen molar-refractivity contribution in [2.75, 3.05) is 19.3 Å². The Labute approximate surface area is 119 Å². The van der Waals surface area contributed by atoms with Gasteiger partial charge in [-0.1, -0.05) is 18.0 Å². The quantitative estimate of drug-likeness (QED) is 0.841. The first-order chi connectivity index (χ1) is 9.39. The number of aryl methyl sites for hydroxylation is 1. The van der Waals surface area contributed by atoms with Gasteiger partial charge in [0.2, 0.25) is 15.9 Å². The van der Waals surface area contributed by atoms with Crippen molar-refractivity contribution in [2.45, 2.75) is 44.4 Å². The van der Waals surface area contributed by atoms with Crippen LogP contribution in [-0.2, 0) is 15.4 Å². The van der Waals surface area contributed by atoms with Gasteiger partial charge in [0.05, 0.1) is 6.26 Å². The summed E-state index contributed by atoms with van der Waals surface area (Å²) >= 11 is 0. The number of aromatic nitrogens is 2. The van der Waals surface area contributed by atoms with E-state index in [9.17, 15) is 8.42 Å². The lowest BCUT2D eigenvalue weighted by atomic mass is 9.74. The highest BCUT2D eigenvalue weighted by Crippen LogP contribution is 2.46. The number of nitrogens with zero attached hydrogens (tertiary/aromatic N) is 3. The van der Waals surface area contributed by atoms with Gasteiger partial charge in [-0.3, -0.25) is 0 Å². The van der Waals surface area contributed by atoms with Crippen LogP contribution in [0.5, 0.6) is 0 Å². The predicted octanol–water partition coefficient (Wildman–Crippen LogP) is 1.47. The first-order valence-electron chi connectivity index (χ1n) is 7.15. The smallest absolute Gasteiger partial charge is 0.223 e. The summed E-state index contributed by atoms with van der Waals surface area (Å²) in [6.45, 7) is 2.91. The monoisotopic (exact) mass is 299 g/mol. The summed E-state index contributed by atoms with van der Waals surface area (Å²) in [4.78, 5) is 4.43. The van der Waals surface area contributed by atoms with E-state index in [0.717, 1.165) is 31.0 Å². The Morgan fingerprint density at radius 3 is 2.45 bits per heavy atom. The van der Waals surface area contributed by atoms with Gasteiger partial charge in [0.1, 0.15) is 0 Å². The zero-order valence-electron chi connectivity index (χ0n) is 12.0. The molecule has 1 aromatic rings. The van der Waals surface area contributed by atoms with Crippen molar-refractivity contribution < 1.29 is 12.9 Å². The molecule has 112 valence electrons. The minimum Gasteiger partial charge on any atom is -0.340 e. The van der Waals surface area contributed by atoms with Crippen LogP contribution >= 0.6 is 0 Å². The molecular formula is C13H21N3O3S. The van der Waals surface area contributed by atoms with Crippen LogP contribution in [0.2, 0.25) is 0 Å². The summed E-state index contributed by atoms with van der Waals surface area (Å²) in [6, 6.07) is 0. The minimum absolute atomic E-state index is 0.0971. The van der Waals surface area contributed by atoms with Crippen LogP contribution in [0, 0.1) is 12.8 Å². The van der Waals surface area contributed by atoms with E-state index in [2.05, 4.69) is 10.1 Å². The Morgan fingerprint density at radius 1 is 1.35 bits per heavy atom. The fourth-order valence-electron chi connectivity index (χ4n) is 3.15. The molecule has 2 heterocycles. The van der Waals surface area contributed by atoms with Crippen molar-refractivity contribution in [2.24, 2.45) is 5.92 Å². The first kappa shape index (κ1) is 14.0. The highest BCUT2D eigenvalue weighted by Gasteiger charge is 2.45. The molecule has 0 unspecified atom stereocenters. The molecule has 0 amide bonds. The maximum absolute atomic E-state index is 11.6. The molecular weight excluding hydrogens is 278 g/mol. The van der Waals surface area contributed by atoms with Crippen molar-refractivity contribution in [3.05, 3.63) is 11.7 Å². The van der Waals surface area contributed by atoms with Gasteiger partial charge >= 0.3 is 0 Å². The molecule has 0 N–H and O–H groups in total. The third-order valence-corrected chi connectivity index (χ3v) is 5.83. The maximum Gasteiger partial charge on any atom is 0.223 e. The van der Waals surface area contributed by atoms with Gasteiger partial charge in [-0.2, -0.15) is 4.98 Å². The second kappa shape index (κ2) is 4.80. The van der Waals surface area contributed by atoms with Gasteiger partial charge in [0, 0.05) is 25.4 Å². The van der Waals surface area contributed by atoms with Crippen LogP contribution in [0.15, 0.2) is 4.52 Å². The van der Waals surface area contributed by atoms with E-state index in [1.165, 1.54) is 19.1 Å². The topological polar surface area (TPSA) is 76.3 Å². The molecule has 6 nitrogen and oxygen atoms in total. The lowest BCUT2D eigenvalue weighted by Crippen LogP contribution is -2.45. The normalized spacial score (nSPS) is 23.9. The van der Waals surface area contributed by atoms with Gasteiger partial charge in [0.25, 0.3) is 0 Å². The van der Waals surface area contributed by atoms with Gasteiger partial charge in [-0.05, 0) is 25.2 Å². The molecule has 0 spiro atoms. The van der Waals surface area contributed by atoms with E-state index in [4.69, 9.17) is 4.52 Å². The van der Waals surface area contributed by atoms with E-state index < -0.39 is 10.0 Å². The average Bonchev–Trinajstić information content (AvgIpc) is 3.07. The zero-order chi connectivity index (χ0) is 14.4. The van der Waals surface area contributed by atoms with E-state index in [1.807, 2.05) is 0 Å². The van der Waals surface area contributed by atoms with Crippen LogP contribution in [0.1, 0.15) is 43.8 Å². The summed E-state index contributed by atoms with van der Waals surface area (Å²) in [5.41, 5.74) is -0.0971. The van der Waals surface area contributed by atoms with Gasteiger partial charge in [-0.15, -0.1) is 0 Å². The van der Waals surface area contributed by atoms with Crippen molar-refractivity contribution in [3.63, 3.8) is 0 Å². The van der Waals surface area contributed by atoms with E-state index in [1.54, 1.807) is 11.2 Å². The molecule has 1 aromatic heterocycles. The zero-order valence-corrected chi connectivity index (χ0v) is 12.8. The summed E-state index contributed by atoms with van der Waals surface area (Å²) < 4.78 is 30.0. The lowest BCUT2D eigenvalue weighted by molar-refractivity contribution is 0.198. The molecule has 0 atom stereocenters. The SMILES string of the molecule is Cc1nc(C2(CC3CC3)CCN(S(C)(=O)=O)CC2)no1. The van der Waals surface area contributed by atoms with E-state index in [0.29, 0.717) is 19.0 Å². The van der Waals surface area contributed by atoms with Crippen molar-refractivity contribution in [1.29, 1.82) is 0 Å². The van der Waals surface area contributed by atoms with E-state index in [-0.39, 0.29) is 5.41 Å². The molecule has 1 saturated heterocycles. The molecule has 3 rings (SSSR count). The Kier molecular flexibility index (Phi) is 3.36. The standard InChI is InChI=1S/C13H21N3O3S/c1-10-14-12(15-19-10)13(9-11-3-4-11)5-7-16(8-6-13)20(2,17)18/h11H,3-9H2,1-2H3. The van der Waals surface area contributed by atoms with Crippen molar-refractivity contribution in [3.8, 4) is 0 Å². The van der Waals surface area contributed by atoms with Gasteiger partial charge < -0.3 is 4.52 Å². The highest BCUT2D eigenvalue weighted by atomic mass is 32.2. The molecule has 2 aliphatic rings. The largest absolute Gasteiger partial charge is 0.340 e. The first-order valence-corrected chi connectivity index (χ1v) is 9.00. The summed E-state index contributed by atoms with van der Waals surface area (Å²) in [7, 11) is -3.10.